The first kappa shape index (κ1) is 19.5. The van der Waals surface area contributed by atoms with Crippen LogP contribution in [-0.4, -0.2) is 24.3 Å². The van der Waals surface area contributed by atoms with E-state index in [1.807, 2.05) is 20.0 Å². The molecule has 0 amide bonds. The highest BCUT2D eigenvalue weighted by molar-refractivity contribution is 6.33. The average Bonchev–Trinajstić information content (AvgIpc) is 3.01. The predicted octanol–water partition coefficient (Wildman–Crippen LogP) is 6.03. The Morgan fingerprint density at radius 1 is 1.22 bits per heavy atom. The summed E-state index contributed by atoms with van der Waals surface area (Å²) in [7, 11) is 2.00. The van der Waals surface area contributed by atoms with Gasteiger partial charge in [0.25, 0.3) is 0 Å². The normalized spacial score (nSPS) is 16.2. The Labute approximate surface area is 161 Å². The number of alkyl halides is 3. The first-order chi connectivity index (χ1) is 12.8. The molecule has 144 valence electrons. The quantitative estimate of drug-likeness (QED) is 0.683. The number of nitrogens with zero attached hydrogens (tertiary/aromatic N) is 2. The summed E-state index contributed by atoms with van der Waals surface area (Å²) in [5.74, 6) is 0.996. The molecule has 0 unspecified atom stereocenters. The molecule has 1 N–H and O–H groups in total. The van der Waals surface area contributed by atoms with Crippen LogP contribution in [0.15, 0.2) is 41.4 Å². The van der Waals surface area contributed by atoms with Crippen LogP contribution in [-0.2, 0) is 12.7 Å². The van der Waals surface area contributed by atoms with Crippen molar-refractivity contribution < 1.29 is 13.2 Å². The van der Waals surface area contributed by atoms with Crippen LogP contribution in [0.3, 0.4) is 0 Å². The summed E-state index contributed by atoms with van der Waals surface area (Å²) in [5.41, 5.74) is 1.81. The van der Waals surface area contributed by atoms with Crippen LogP contribution in [0.25, 0.3) is 0 Å². The molecule has 3 nitrogen and oxygen atoms in total. The van der Waals surface area contributed by atoms with Gasteiger partial charge in [0, 0.05) is 32.2 Å². The lowest BCUT2D eigenvalue weighted by atomic mass is 10.1. The van der Waals surface area contributed by atoms with E-state index in [1.165, 1.54) is 12.1 Å². The third-order valence-electron chi connectivity index (χ3n) is 4.67. The lowest BCUT2D eigenvalue weighted by molar-refractivity contribution is -0.138. The number of aryl methyl sites for hydroxylation is 1. The van der Waals surface area contributed by atoms with Gasteiger partial charge in [-0.15, -0.1) is 0 Å². The lowest BCUT2D eigenvalue weighted by Crippen LogP contribution is -2.18. The maximum atomic E-state index is 13.1. The predicted molar refractivity (Wildman–Crippen MR) is 104 cm³/mol. The van der Waals surface area contributed by atoms with Crippen molar-refractivity contribution in [1.82, 2.24) is 4.90 Å². The van der Waals surface area contributed by atoms with Crippen molar-refractivity contribution in [2.45, 2.75) is 32.5 Å². The molecule has 1 fully saturated rings. The number of nitrogens with one attached hydrogen (secondary N) is 1. The Balaban J connectivity index is 1.80. The van der Waals surface area contributed by atoms with Crippen molar-refractivity contribution in [2.75, 3.05) is 18.9 Å². The molecule has 0 spiro atoms. The number of hydrogen-bond donors (Lipinski definition) is 1. The first-order valence-electron chi connectivity index (χ1n) is 8.73. The van der Waals surface area contributed by atoms with Crippen LogP contribution in [0.1, 0.15) is 29.5 Å². The van der Waals surface area contributed by atoms with Crippen molar-refractivity contribution >= 4 is 28.8 Å². The molecule has 1 aliphatic rings. The van der Waals surface area contributed by atoms with Gasteiger partial charge in [0.15, 0.2) is 0 Å². The zero-order valence-corrected chi connectivity index (χ0v) is 16.0. The molecule has 0 atom stereocenters. The largest absolute Gasteiger partial charge is 0.416 e. The van der Waals surface area contributed by atoms with Crippen LogP contribution in [0.4, 0.5) is 24.5 Å². The third-order valence-corrected chi connectivity index (χ3v) is 4.97. The van der Waals surface area contributed by atoms with Gasteiger partial charge in [-0.2, -0.15) is 13.2 Å². The molecule has 27 heavy (non-hydrogen) atoms. The monoisotopic (exact) mass is 395 g/mol. The molecule has 1 aliphatic heterocycles. The summed E-state index contributed by atoms with van der Waals surface area (Å²) < 4.78 is 39.4. The van der Waals surface area contributed by atoms with Gasteiger partial charge in [0.2, 0.25) is 0 Å². The first-order valence-corrected chi connectivity index (χ1v) is 9.11. The number of rotatable bonds is 4. The van der Waals surface area contributed by atoms with Gasteiger partial charge < -0.3 is 10.2 Å². The molecule has 0 aliphatic carbocycles. The number of anilines is 1. The number of likely N-dealkylation sites (tertiary alicyclic amines) is 1. The van der Waals surface area contributed by atoms with Crippen molar-refractivity contribution in [3.05, 3.63) is 58.1 Å². The smallest absolute Gasteiger partial charge is 0.381 e. The van der Waals surface area contributed by atoms with Gasteiger partial charge in [-0.1, -0.05) is 29.8 Å². The average molecular weight is 396 g/mol. The molecular weight excluding hydrogens is 375 g/mol. The Kier molecular flexibility index (Phi) is 5.65. The Hall–Kier alpha value is -2.21. The second kappa shape index (κ2) is 7.80. The molecule has 1 saturated heterocycles. The van der Waals surface area contributed by atoms with E-state index in [1.54, 1.807) is 12.1 Å². The Morgan fingerprint density at radius 2 is 1.96 bits per heavy atom. The number of amidine groups is 1. The van der Waals surface area contributed by atoms with Crippen LogP contribution in [0.5, 0.6) is 0 Å². The van der Waals surface area contributed by atoms with Crippen molar-refractivity contribution in [3.63, 3.8) is 0 Å². The van der Waals surface area contributed by atoms with Gasteiger partial charge in [-0.3, -0.25) is 0 Å². The molecular formula is C20H21ClF3N3. The zero-order chi connectivity index (χ0) is 19.6. The van der Waals surface area contributed by atoms with Crippen LogP contribution < -0.4 is 5.32 Å². The maximum Gasteiger partial charge on any atom is 0.416 e. The minimum absolute atomic E-state index is 0.0590. The highest BCUT2D eigenvalue weighted by atomic mass is 35.5. The van der Waals surface area contributed by atoms with E-state index in [0.717, 1.165) is 36.9 Å². The molecule has 2 aromatic carbocycles. The van der Waals surface area contributed by atoms with Crippen molar-refractivity contribution in [2.24, 2.45) is 4.99 Å². The van der Waals surface area contributed by atoms with Crippen LogP contribution >= 0.6 is 11.6 Å². The summed E-state index contributed by atoms with van der Waals surface area (Å²) in [5, 5.41) is 3.54. The third kappa shape index (κ3) is 4.56. The number of aliphatic imine (C=N–C) groups is 1. The maximum absolute atomic E-state index is 13.1. The Bertz CT molecular complexity index is 862. The van der Waals surface area contributed by atoms with E-state index in [0.29, 0.717) is 16.4 Å². The second-order valence-corrected chi connectivity index (χ2v) is 7.09. The molecule has 0 radical (unpaired) electrons. The fourth-order valence-electron chi connectivity index (χ4n) is 3.16. The van der Waals surface area contributed by atoms with E-state index in [9.17, 15) is 13.2 Å². The zero-order valence-electron chi connectivity index (χ0n) is 15.2. The summed E-state index contributed by atoms with van der Waals surface area (Å²) in [6.07, 6.45) is -2.39. The minimum Gasteiger partial charge on any atom is -0.381 e. The molecule has 3 rings (SSSR count). The topological polar surface area (TPSA) is 27.6 Å². The van der Waals surface area contributed by atoms with Gasteiger partial charge >= 0.3 is 6.18 Å². The van der Waals surface area contributed by atoms with Gasteiger partial charge in [0.05, 0.1) is 16.3 Å². The fourth-order valence-corrected chi connectivity index (χ4v) is 3.36. The number of benzene rings is 2. The summed E-state index contributed by atoms with van der Waals surface area (Å²) in [6.45, 7) is 2.92. The molecule has 1 heterocycles. The van der Waals surface area contributed by atoms with Crippen LogP contribution in [0.2, 0.25) is 5.02 Å². The van der Waals surface area contributed by atoms with Crippen molar-refractivity contribution in [1.29, 1.82) is 0 Å². The molecule has 0 aromatic heterocycles. The SMILES string of the molecule is Cc1cc(N=C2CCCN2C)c(Cl)cc1NCc1ccccc1C(F)(F)F. The Morgan fingerprint density at radius 3 is 2.63 bits per heavy atom. The fraction of sp³-hybridized carbons (Fsp3) is 0.350. The van der Waals surface area contributed by atoms with E-state index in [4.69, 9.17) is 11.6 Å². The molecule has 0 bridgehead atoms. The summed E-state index contributed by atoms with van der Waals surface area (Å²) >= 11 is 6.37. The number of hydrogen-bond acceptors (Lipinski definition) is 2. The standard InChI is InChI=1S/C20H21ClF3N3/c1-13-10-18(26-19-8-5-9-27(19)2)16(21)11-17(13)25-12-14-6-3-4-7-15(14)20(22,23)24/h3-4,6-7,10-11,25H,5,8-9,12H2,1-2H3. The highest BCUT2D eigenvalue weighted by Crippen LogP contribution is 2.34. The second-order valence-electron chi connectivity index (χ2n) is 6.68. The van der Waals surface area contributed by atoms with E-state index in [-0.39, 0.29) is 12.1 Å². The molecule has 2 aromatic rings. The van der Waals surface area contributed by atoms with Gasteiger partial charge in [0.1, 0.15) is 5.84 Å². The summed E-state index contributed by atoms with van der Waals surface area (Å²) in [4.78, 5) is 6.74. The highest BCUT2D eigenvalue weighted by Gasteiger charge is 2.32. The van der Waals surface area contributed by atoms with Gasteiger partial charge in [-0.25, -0.2) is 4.99 Å². The van der Waals surface area contributed by atoms with E-state index < -0.39 is 11.7 Å². The van der Waals surface area contributed by atoms with Crippen molar-refractivity contribution in [3.8, 4) is 0 Å². The summed E-state index contributed by atoms with van der Waals surface area (Å²) in [6, 6.07) is 9.14. The van der Waals surface area contributed by atoms with E-state index >= 15 is 0 Å². The van der Waals surface area contributed by atoms with Crippen LogP contribution in [0, 0.1) is 6.92 Å². The van der Waals surface area contributed by atoms with E-state index in [2.05, 4.69) is 15.2 Å². The minimum atomic E-state index is -4.38. The molecule has 0 saturated carbocycles. The molecule has 7 heteroatoms. The number of halogens is 4. The lowest BCUT2D eigenvalue weighted by Gasteiger charge is -2.16. The van der Waals surface area contributed by atoms with Gasteiger partial charge in [-0.05, 0) is 42.7 Å².